The summed E-state index contributed by atoms with van der Waals surface area (Å²) >= 11 is 1.39. The van der Waals surface area contributed by atoms with Crippen LogP contribution in [0.4, 0.5) is 5.82 Å². The number of hydrogen-bond acceptors (Lipinski definition) is 7. The van der Waals surface area contributed by atoms with Crippen molar-refractivity contribution in [1.29, 1.82) is 0 Å². The maximum atomic E-state index is 12.7. The fourth-order valence-corrected chi connectivity index (χ4v) is 4.69. The largest absolute Gasteiger partial charge is 0.484 e. The standard InChI is InChI=1S/C24H23N5O3S/c1-17-6-5-7-18(14-17)23-26-29-21(30)15-20(25-24(29)33-23)27-10-12-28(13-11-27)22(31)16-32-19-8-3-2-4-9-19/h2-9,14-15H,10-13,16H2,1H3. The van der Waals surface area contributed by atoms with Gasteiger partial charge in [-0.2, -0.15) is 9.61 Å². The fraction of sp³-hybridized carbons (Fsp3) is 0.250. The third kappa shape index (κ3) is 4.58. The topological polar surface area (TPSA) is 80.0 Å². The first kappa shape index (κ1) is 21.1. The van der Waals surface area contributed by atoms with Gasteiger partial charge in [-0.1, -0.05) is 53.3 Å². The van der Waals surface area contributed by atoms with Crippen LogP contribution in [-0.4, -0.2) is 58.2 Å². The normalized spacial score (nSPS) is 14.0. The number of fused-ring (bicyclic) bond motifs is 1. The summed E-state index contributed by atoms with van der Waals surface area (Å²) in [5, 5.41) is 5.22. The van der Waals surface area contributed by atoms with Crippen LogP contribution in [0.1, 0.15) is 5.56 Å². The molecule has 8 nitrogen and oxygen atoms in total. The van der Waals surface area contributed by atoms with Crippen LogP contribution in [0.25, 0.3) is 15.5 Å². The van der Waals surface area contributed by atoms with Crippen molar-refractivity contribution in [2.75, 3.05) is 37.7 Å². The van der Waals surface area contributed by atoms with Crippen LogP contribution in [0, 0.1) is 6.92 Å². The predicted molar refractivity (Wildman–Crippen MR) is 128 cm³/mol. The monoisotopic (exact) mass is 461 g/mol. The van der Waals surface area contributed by atoms with E-state index in [0.29, 0.717) is 42.7 Å². The van der Waals surface area contributed by atoms with Gasteiger partial charge >= 0.3 is 0 Å². The molecule has 2 aromatic carbocycles. The number of nitrogens with zero attached hydrogens (tertiary/aromatic N) is 5. The SMILES string of the molecule is Cc1cccc(-c2nn3c(=O)cc(N4CCN(C(=O)COc5ccccc5)CC4)nc3s2)c1. The van der Waals surface area contributed by atoms with Crippen molar-refractivity contribution >= 4 is 28.0 Å². The van der Waals surface area contributed by atoms with Crippen LogP contribution in [-0.2, 0) is 4.79 Å². The second-order valence-corrected chi connectivity index (χ2v) is 8.85. The van der Waals surface area contributed by atoms with Crippen LogP contribution in [0.2, 0.25) is 0 Å². The van der Waals surface area contributed by atoms with E-state index in [9.17, 15) is 9.59 Å². The van der Waals surface area contributed by atoms with E-state index < -0.39 is 0 Å². The van der Waals surface area contributed by atoms with Crippen LogP contribution in [0.5, 0.6) is 5.75 Å². The van der Waals surface area contributed by atoms with Gasteiger partial charge in [-0.3, -0.25) is 9.59 Å². The molecule has 0 N–H and O–H groups in total. The molecule has 0 aliphatic carbocycles. The summed E-state index contributed by atoms with van der Waals surface area (Å²) in [6.07, 6.45) is 0. The molecule has 0 radical (unpaired) electrons. The van der Waals surface area contributed by atoms with Crippen molar-refractivity contribution in [1.82, 2.24) is 19.5 Å². The van der Waals surface area contributed by atoms with E-state index in [0.717, 1.165) is 16.1 Å². The van der Waals surface area contributed by atoms with E-state index in [2.05, 4.69) is 5.10 Å². The Morgan fingerprint density at radius 3 is 2.58 bits per heavy atom. The van der Waals surface area contributed by atoms with Crippen molar-refractivity contribution in [2.24, 2.45) is 0 Å². The number of ether oxygens (including phenoxy) is 1. The molecule has 4 aromatic rings. The zero-order chi connectivity index (χ0) is 22.8. The zero-order valence-electron chi connectivity index (χ0n) is 18.2. The number of piperazine rings is 1. The Balaban J connectivity index is 1.26. The van der Waals surface area contributed by atoms with Crippen molar-refractivity contribution in [2.45, 2.75) is 6.92 Å². The number of para-hydroxylation sites is 1. The molecule has 0 unspecified atom stereocenters. The Labute approximate surface area is 194 Å². The molecule has 2 aromatic heterocycles. The van der Waals surface area contributed by atoms with Crippen molar-refractivity contribution in [3.05, 3.63) is 76.6 Å². The van der Waals surface area contributed by atoms with E-state index in [1.54, 1.807) is 4.90 Å². The maximum Gasteiger partial charge on any atom is 0.277 e. The van der Waals surface area contributed by atoms with E-state index in [-0.39, 0.29) is 18.1 Å². The lowest BCUT2D eigenvalue weighted by molar-refractivity contribution is -0.133. The molecule has 0 atom stereocenters. The smallest absolute Gasteiger partial charge is 0.277 e. The molecule has 1 amide bonds. The number of carbonyl (C=O) groups excluding carboxylic acids is 1. The molecule has 3 heterocycles. The summed E-state index contributed by atoms with van der Waals surface area (Å²) in [6.45, 7) is 4.34. The van der Waals surface area contributed by atoms with Crippen molar-refractivity contribution in [3.63, 3.8) is 0 Å². The highest BCUT2D eigenvalue weighted by molar-refractivity contribution is 7.19. The fourth-order valence-electron chi connectivity index (χ4n) is 3.79. The highest BCUT2D eigenvalue weighted by Gasteiger charge is 2.23. The molecule has 1 fully saturated rings. The molecule has 168 valence electrons. The zero-order valence-corrected chi connectivity index (χ0v) is 19.0. The Morgan fingerprint density at radius 2 is 1.82 bits per heavy atom. The third-order valence-electron chi connectivity index (χ3n) is 5.56. The molecule has 0 saturated carbocycles. The van der Waals surface area contributed by atoms with Crippen molar-refractivity contribution < 1.29 is 9.53 Å². The van der Waals surface area contributed by atoms with Crippen molar-refractivity contribution in [3.8, 4) is 16.3 Å². The van der Waals surface area contributed by atoms with Gasteiger partial charge in [-0.15, -0.1) is 0 Å². The minimum Gasteiger partial charge on any atom is -0.484 e. The first-order valence-electron chi connectivity index (χ1n) is 10.8. The number of carbonyl (C=O) groups is 1. The molecule has 1 aliphatic rings. The van der Waals surface area contributed by atoms with E-state index in [4.69, 9.17) is 9.72 Å². The van der Waals surface area contributed by atoms with E-state index in [1.807, 2.05) is 66.4 Å². The average molecular weight is 462 g/mol. The van der Waals surface area contributed by atoms with E-state index in [1.165, 1.54) is 21.9 Å². The molecule has 1 aliphatic heterocycles. The first-order chi connectivity index (χ1) is 16.1. The minimum atomic E-state index is -0.208. The van der Waals surface area contributed by atoms with Crippen LogP contribution < -0.4 is 15.2 Å². The number of aromatic nitrogens is 3. The third-order valence-corrected chi connectivity index (χ3v) is 6.52. The Kier molecular flexibility index (Phi) is 5.78. The van der Waals surface area contributed by atoms with Crippen LogP contribution in [0.3, 0.4) is 0 Å². The first-order valence-corrected chi connectivity index (χ1v) is 11.6. The lowest BCUT2D eigenvalue weighted by Gasteiger charge is -2.35. The molecular formula is C24H23N5O3S. The molecule has 1 saturated heterocycles. The van der Waals surface area contributed by atoms with Gasteiger partial charge in [0.1, 0.15) is 16.6 Å². The summed E-state index contributed by atoms with van der Waals surface area (Å²) in [5.41, 5.74) is 1.89. The average Bonchev–Trinajstić information content (AvgIpc) is 3.28. The molecule has 0 spiro atoms. The highest BCUT2D eigenvalue weighted by Crippen LogP contribution is 2.26. The number of aryl methyl sites for hydroxylation is 1. The van der Waals surface area contributed by atoms with Gasteiger partial charge in [0.15, 0.2) is 6.61 Å². The molecule has 0 bridgehead atoms. The molecule has 5 rings (SSSR count). The van der Waals surface area contributed by atoms with Gasteiger partial charge in [-0.05, 0) is 25.1 Å². The van der Waals surface area contributed by atoms with Crippen LogP contribution in [0.15, 0.2) is 65.5 Å². The summed E-state index contributed by atoms with van der Waals surface area (Å²) in [5.74, 6) is 1.25. The van der Waals surface area contributed by atoms with Gasteiger partial charge in [0.25, 0.3) is 11.5 Å². The summed E-state index contributed by atoms with van der Waals surface area (Å²) < 4.78 is 6.93. The van der Waals surface area contributed by atoms with Gasteiger partial charge < -0.3 is 14.5 Å². The maximum absolute atomic E-state index is 12.7. The van der Waals surface area contributed by atoms with Crippen LogP contribution >= 0.6 is 11.3 Å². The molecular weight excluding hydrogens is 438 g/mol. The summed E-state index contributed by atoms with van der Waals surface area (Å²) in [7, 11) is 0. The second-order valence-electron chi connectivity index (χ2n) is 7.89. The van der Waals surface area contributed by atoms with Gasteiger partial charge in [0, 0.05) is 37.8 Å². The number of anilines is 1. The Morgan fingerprint density at radius 1 is 1.03 bits per heavy atom. The quantitative estimate of drug-likeness (QED) is 0.455. The van der Waals surface area contributed by atoms with E-state index >= 15 is 0 Å². The van der Waals surface area contributed by atoms with Gasteiger partial charge in [0.05, 0.1) is 0 Å². The molecule has 33 heavy (non-hydrogen) atoms. The number of amides is 1. The lowest BCUT2D eigenvalue weighted by Crippen LogP contribution is -2.50. The Hall–Kier alpha value is -3.72. The minimum absolute atomic E-state index is 0.0121. The van der Waals surface area contributed by atoms with Gasteiger partial charge in [-0.25, -0.2) is 4.98 Å². The second kappa shape index (κ2) is 9.03. The molecule has 9 heteroatoms. The predicted octanol–water partition coefficient (Wildman–Crippen LogP) is 2.85. The van der Waals surface area contributed by atoms with Gasteiger partial charge in [0.2, 0.25) is 4.96 Å². The number of rotatable bonds is 5. The Bertz CT molecular complexity index is 1340. The summed E-state index contributed by atoms with van der Waals surface area (Å²) in [4.78, 5) is 34.3. The lowest BCUT2D eigenvalue weighted by atomic mass is 10.1. The number of benzene rings is 2. The summed E-state index contributed by atoms with van der Waals surface area (Å²) in [6, 6.07) is 18.8. The number of hydrogen-bond donors (Lipinski definition) is 0. The highest BCUT2D eigenvalue weighted by atomic mass is 32.1.